The van der Waals surface area contributed by atoms with Crippen LogP contribution in [0.4, 0.5) is 0 Å². The quantitative estimate of drug-likeness (QED) is 0.554. The van der Waals surface area contributed by atoms with Crippen molar-refractivity contribution in [3.05, 3.63) is 37.6 Å². The number of hydrazine groups is 1. The summed E-state index contributed by atoms with van der Waals surface area (Å²) in [6, 6.07) is 0. The zero-order valence-electron chi connectivity index (χ0n) is 6.66. The molecule has 0 aromatic carbocycles. The van der Waals surface area contributed by atoms with Crippen molar-refractivity contribution in [1.82, 2.24) is 10.0 Å². The second-order valence-corrected chi connectivity index (χ2v) is 2.38. The summed E-state index contributed by atoms with van der Waals surface area (Å²) in [4.78, 5) is 0. The fourth-order valence-electron chi connectivity index (χ4n) is 1.04. The summed E-state index contributed by atoms with van der Waals surface area (Å²) in [6.45, 7) is 9.94. The van der Waals surface area contributed by atoms with Crippen LogP contribution in [0.5, 0.6) is 0 Å². The van der Waals surface area contributed by atoms with E-state index in [4.69, 9.17) is 0 Å². The van der Waals surface area contributed by atoms with Gasteiger partial charge in [0.25, 0.3) is 0 Å². The van der Waals surface area contributed by atoms with Crippen LogP contribution in [0.3, 0.4) is 0 Å². The molecule has 0 saturated carbocycles. The van der Waals surface area contributed by atoms with Crippen molar-refractivity contribution < 1.29 is 0 Å². The lowest BCUT2D eigenvalue weighted by molar-refractivity contribution is 0.0787. The van der Waals surface area contributed by atoms with Crippen molar-refractivity contribution in [2.24, 2.45) is 0 Å². The molecule has 0 aromatic rings. The molecule has 0 bridgehead atoms. The minimum Gasteiger partial charge on any atom is -0.308 e. The second kappa shape index (κ2) is 3.98. The van der Waals surface area contributed by atoms with Gasteiger partial charge in [-0.05, 0) is 6.08 Å². The van der Waals surface area contributed by atoms with Crippen molar-refractivity contribution in [1.29, 1.82) is 0 Å². The van der Waals surface area contributed by atoms with Crippen LogP contribution < -0.4 is 0 Å². The number of rotatable bonds is 4. The van der Waals surface area contributed by atoms with Crippen LogP contribution >= 0.6 is 0 Å². The Morgan fingerprint density at radius 1 is 1.36 bits per heavy atom. The Bertz CT molecular complexity index is 172. The minimum absolute atomic E-state index is 0.848. The molecule has 1 aliphatic rings. The van der Waals surface area contributed by atoms with Crippen molar-refractivity contribution in [3.8, 4) is 0 Å². The molecular formula is C9H13N2. The van der Waals surface area contributed by atoms with Gasteiger partial charge in [-0.25, -0.2) is 5.01 Å². The lowest BCUT2D eigenvalue weighted by Crippen LogP contribution is -2.35. The normalized spacial score (nSPS) is 17.3. The maximum Gasteiger partial charge on any atom is 0.0518 e. The third kappa shape index (κ3) is 1.95. The summed E-state index contributed by atoms with van der Waals surface area (Å²) in [6.07, 6.45) is 8.83. The van der Waals surface area contributed by atoms with E-state index in [2.05, 4.69) is 29.3 Å². The van der Waals surface area contributed by atoms with Gasteiger partial charge in [0.05, 0.1) is 6.54 Å². The fourth-order valence-corrected chi connectivity index (χ4v) is 1.04. The van der Waals surface area contributed by atoms with Crippen LogP contribution in [0.1, 0.15) is 0 Å². The molecule has 0 aromatic heterocycles. The summed E-state index contributed by atoms with van der Waals surface area (Å²) in [5, 5.41) is 4.23. The largest absolute Gasteiger partial charge is 0.308 e. The van der Waals surface area contributed by atoms with E-state index < -0.39 is 0 Å². The topological polar surface area (TPSA) is 6.48 Å². The summed E-state index contributed by atoms with van der Waals surface area (Å²) in [5.41, 5.74) is 0. The lowest BCUT2D eigenvalue weighted by atomic mass is 10.5. The molecule has 0 spiro atoms. The number of hydrogen-bond donors (Lipinski definition) is 0. The van der Waals surface area contributed by atoms with Gasteiger partial charge in [-0.1, -0.05) is 12.2 Å². The van der Waals surface area contributed by atoms with Crippen LogP contribution in [0.15, 0.2) is 31.5 Å². The van der Waals surface area contributed by atoms with Crippen LogP contribution in [-0.2, 0) is 0 Å². The smallest absolute Gasteiger partial charge is 0.0518 e. The van der Waals surface area contributed by atoms with Gasteiger partial charge in [0, 0.05) is 19.3 Å². The van der Waals surface area contributed by atoms with Gasteiger partial charge in [-0.3, -0.25) is 0 Å². The maximum absolute atomic E-state index is 3.68. The van der Waals surface area contributed by atoms with E-state index >= 15 is 0 Å². The van der Waals surface area contributed by atoms with E-state index in [1.165, 1.54) is 0 Å². The lowest BCUT2D eigenvalue weighted by Gasteiger charge is -2.26. The predicted molar refractivity (Wildman–Crippen MR) is 46.5 cm³/mol. The Morgan fingerprint density at radius 3 is 2.73 bits per heavy atom. The highest BCUT2D eigenvalue weighted by Crippen LogP contribution is 2.05. The van der Waals surface area contributed by atoms with Crippen LogP contribution in [-0.4, -0.2) is 29.7 Å². The van der Waals surface area contributed by atoms with Gasteiger partial charge < -0.3 is 5.01 Å². The van der Waals surface area contributed by atoms with Gasteiger partial charge in [-0.15, -0.1) is 13.2 Å². The highest BCUT2D eigenvalue weighted by Gasteiger charge is 2.12. The highest BCUT2D eigenvalue weighted by molar-refractivity contribution is 4.90. The Balaban J connectivity index is 2.41. The Labute approximate surface area is 68.1 Å². The first-order valence-corrected chi connectivity index (χ1v) is 3.68. The third-order valence-electron chi connectivity index (χ3n) is 1.53. The zero-order chi connectivity index (χ0) is 8.10. The molecule has 0 atom stereocenters. The number of nitrogens with zero attached hydrogens (tertiary/aromatic N) is 2. The van der Waals surface area contributed by atoms with E-state index in [1.807, 2.05) is 18.4 Å². The van der Waals surface area contributed by atoms with Gasteiger partial charge in [0.15, 0.2) is 0 Å². The predicted octanol–water partition coefficient (Wildman–Crippen LogP) is 1.21. The molecule has 0 saturated heterocycles. The van der Waals surface area contributed by atoms with Gasteiger partial charge in [-0.2, -0.15) is 0 Å². The molecule has 11 heavy (non-hydrogen) atoms. The average molecular weight is 149 g/mol. The fraction of sp³-hybridized carbons (Fsp3) is 0.333. The zero-order valence-corrected chi connectivity index (χ0v) is 6.66. The maximum atomic E-state index is 3.68. The first-order chi connectivity index (χ1) is 5.38. The first kappa shape index (κ1) is 8.08. The third-order valence-corrected chi connectivity index (χ3v) is 1.53. The second-order valence-electron chi connectivity index (χ2n) is 2.38. The molecule has 1 heterocycles. The molecule has 0 fully saturated rings. The molecule has 0 N–H and O–H groups in total. The average Bonchev–Trinajstić information content (AvgIpc) is 2.39. The summed E-state index contributed by atoms with van der Waals surface area (Å²) >= 11 is 0. The van der Waals surface area contributed by atoms with E-state index in [-0.39, 0.29) is 0 Å². The highest BCUT2D eigenvalue weighted by atomic mass is 15.6. The molecule has 2 nitrogen and oxygen atoms in total. The van der Waals surface area contributed by atoms with E-state index in [0.29, 0.717) is 0 Å². The van der Waals surface area contributed by atoms with Crippen molar-refractivity contribution in [2.75, 3.05) is 19.6 Å². The van der Waals surface area contributed by atoms with E-state index in [1.54, 1.807) is 0 Å². The molecule has 1 radical (unpaired) electrons. The summed E-state index contributed by atoms with van der Waals surface area (Å²) in [7, 11) is 0. The van der Waals surface area contributed by atoms with Crippen LogP contribution in [0, 0.1) is 6.08 Å². The molecule has 1 rings (SSSR count). The molecule has 1 aliphatic heterocycles. The first-order valence-electron chi connectivity index (χ1n) is 3.68. The Morgan fingerprint density at radius 2 is 2.09 bits per heavy atom. The molecule has 2 heteroatoms. The van der Waals surface area contributed by atoms with Crippen LogP contribution in [0.25, 0.3) is 0 Å². The molecule has 0 aliphatic carbocycles. The Hall–Kier alpha value is -1.02. The molecule has 59 valence electrons. The standard InChI is InChI=1S/C9H13N2/c1-3-6-10-8-5-9-11(10)7-4-2/h3-4,8H,1-2,6-7,9H2. The monoisotopic (exact) mass is 149 g/mol. The van der Waals surface area contributed by atoms with Crippen molar-refractivity contribution >= 4 is 0 Å². The Kier molecular flexibility index (Phi) is 2.93. The molecule has 0 unspecified atom stereocenters. The number of hydrogen-bond acceptors (Lipinski definition) is 2. The van der Waals surface area contributed by atoms with Gasteiger partial charge >= 0.3 is 0 Å². The SMILES string of the molecule is C=CCN1C=[C]CN1CC=C. The van der Waals surface area contributed by atoms with Gasteiger partial charge in [0.1, 0.15) is 0 Å². The van der Waals surface area contributed by atoms with Gasteiger partial charge in [0.2, 0.25) is 0 Å². The minimum atomic E-state index is 0.848. The summed E-state index contributed by atoms with van der Waals surface area (Å²) < 4.78 is 0. The summed E-state index contributed by atoms with van der Waals surface area (Å²) in [5.74, 6) is 0. The van der Waals surface area contributed by atoms with Crippen molar-refractivity contribution in [2.45, 2.75) is 0 Å². The molecular weight excluding hydrogens is 136 g/mol. The van der Waals surface area contributed by atoms with Crippen LogP contribution in [0.2, 0.25) is 0 Å². The molecule has 0 amide bonds. The van der Waals surface area contributed by atoms with Crippen molar-refractivity contribution in [3.63, 3.8) is 0 Å². The van der Waals surface area contributed by atoms with E-state index in [0.717, 1.165) is 19.6 Å². The van der Waals surface area contributed by atoms with E-state index in [9.17, 15) is 0 Å².